The Hall–Kier alpha value is -0.570. The molecule has 0 aromatic carbocycles. The van der Waals surface area contributed by atoms with Crippen LogP contribution in [0.1, 0.15) is 32.6 Å². The summed E-state index contributed by atoms with van der Waals surface area (Å²) < 4.78 is 0. The topological polar surface area (TPSA) is 34.1 Å². The van der Waals surface area contributed by atoms with Crippen LogP contribution in [0.25, 0.3) is 0 Å². The zero-order valence-electron chi connectivity index (χ0n) is 8.91. The fraction of sp³-hybridized carbons (Fsp3) is 0.636. The van der Waals surface area contributed by atoms with Crippen LogP contribution in [-0.2, 0) is 9.59 Å². The molecule has 0 aromatic heterocycles. The van der Waals surface area contributed by atoms with Crippen LogP contribution >= 0.6 is 11.8 Å². The highest BCUT2D eigenvalue weighted by Gasteiger charge is 1.95. The van der Waals surface area contributed by atoms with Crippen molar-refractivity contribution < 1.29 is 9.59 Å². The second-order valence-corrected chi connectivity index (χ2v) is 4.19. The molecule has 0 aliphatic heterocycles. The number of Topliss-reactive ketones (excluding diaryl/α,β-unsaturated/α-hetero) is 1. The van der Waals surface area contributed by atoms with E-state index in [0.29, 0.717) is 12.8 Å². The van der Waals surface area contributed by atoms with Crippen molar-refractivity contribution >= 4 is 23.3 Å². The number of thioether (sulfide) groups is 1. The van der Waals surface area contributed by atoms with Crippen molar-refractivity contribution in [3.8, 4) is 0 Å². The molecule has 3 heteroatoms. The minimum Gasteiger partial charge on any atom is -0.300 e. The van der Waals surface area contributed by atoms with Crippen LogP contribution in [0.4, 0.5) is 0 Å². The van der Waals surface area contributed by atoms with Crippen molar-refractivity contribution in [2.75, 3.05) is 12.0 Å². The van der Waals surface area contributed by atoms with Gasteiger partial charge in [-0.2, -0.15) is 11.8 Å². The molecule has 14 heavy (non-hydrogen) atoms. The van der Waals surface area contributed by atoms with Gasteiger partial charge in [-0.15, -0.1) is 0 Å². The molecule has 0 aliphatic rings. The molecule has 0 saturated heterocycles. The number of unbranched alkanes of at least 4 members (excludes halogenated alkanes) is 1. The molecule has 0 amide bonds. The molecule has 0 fully saturated rings. The first kappa shape index (κ1) is 13.4. The maximum Gasteiger partial charge on any atom is 0.156 e. The minimum absolute atomic E-state index is 0.183. The molecule has 0 atom stereocenters. The van der Waals surface area contributed by atoms with E-state index in [0.717, 1.165) is 18.6 Å². The molecule has 0 radical (unpaired) electrons. The summed E-state index contributed by atoms with van der Waals surface area (Å²) in [5, 5.41) is 0. The summed E-state index contributed by atoms with van der Waals surface area (Å²) in [6.07, 6.45) is 8.39. The molecule has 0 bridgehead atoms. The average molecular weight is 214 g/mol. The van der Waals surface area contributed by atoms with Gasteiger partial charge >= 0.3 is 0 Å². The van der Waals surface area contributed by atoms with Crippen LogP contribution in [0.2, 0.25) is 0 Å². The summed E-state index contributed by atoms with van der Waals surface area (Å²) in [5.41, 5.74) is 0. The van der Waals surface area contributed by atoms with E-state index < -0.39 is 0 Å². The molecule has 0 N–H and O–H groups in total. The molecule has 0 spiro atoms. The molecule has 0 heterocycles. The summed E-state index contributed by atoms with van der Waals surface area (Å²) in [6, 6.07) is 0. The third-order valence-electron chi connectivity index (χ3n) is 1.76. The van der Waals surface area contributed by atoms with E-state index in [2.05, 4.69) is 0 Å². The van der Waals surface area contributed by atoms with Crippen molar-refractivity contribution in [3.05, 3.63) is 12.2 Å². The smallest absolute Gasteiger partial charge is 0.156 e. The summed E-state index contributed by atoms with van der Waals surface area (Å²) in [4.78, 5) is 21.7. The van der Waals surface area contributed by atoms with E-state index in [1.165, 1.54) is 0 Å². The zero-order chi connectivity index (χ0) is 10.8. The van der Waals surface area contributed by atoms with Crippen molar-refractivity contribution in [1.29, 1.82) is 0 Å². The molecular weight excluding hydrogens is 196 g/mol. The van der Waals surface area contributed by atoms with Crippen LogP contribution in [0.5, 0.6) is 0 Å². The summed E-state index contributed by atoms with van der Waals surface area (Å²) in [5.74, 6) is 1.28. The van der Waals surface area contributed by atoms with Gasteiger partial charge in [0.15, 0.2) is 5.78 Å². The van der Waals surface area contributed by atoms with Crippen LogP contribution < -0.4 is 0 Å². The Morgan fingerprint density at radius 3 is 2.57 bits per heavy atom. The lowest BCUT2D eigenvalue weighted by molar-refractivity contribution is -0.117. The van der Waals surface area contributed by atoms with E-state index in [1.807, 2.05) is 12.3 Å². The van der Waals surface area contributed by atoms with Crippen molar-refractivity contribution in [1.82, 2.24) is 0 Å². The van der Waals surface area contributed by atoms with Crippen LogP contribution in [0, 0.1) is 0 Å². The van der Waals surface area contributed by atoms with Gasteiger partial charge in [0, 0.05) is 18.6 Å². The largest absolute Gasteiger partial charge is 0.300 e. The fourth-order valence-electron chi connectivity index (χ4n) is 0.970. The minimum atomic E-state index is 0.183. The first-order valence-corrected chi connectivity index (χ1v) is 6.24. The monoisotopic (exact) mass is 214 g/mol. The predicted octanol–water partition coefficient (Wildman–Crippen LogP) is 2.62. The molecular formula is C11H18O2S. The Morgan fingerprint density at radius 2 is 2.00 bits per heavy atom. The maximum absolute atomic E-state index is 11.1. The number of carbonyl (C=O) groups is 2. The summed E-state index contributed by atoms with van der Waals surface area (Å²) >= 11 is 1.68. The fourth-order valence-corrected chi connectivity index (χ4v) is 1.37. The molecule has 2 nitrogen and oxygen atoms in total. The van der Waals surface area contributed by atoms with Crippen molar-refractivity contribution in [2.45, 2.75) is 32.6 Å². The quantitative estimate of drug-likeness (QED) is 0.460. The number of rotatable bonds is 8. The lowest BCUT2D eigenvalue weighted by Gasteiger charge is -1.93. The van der Waals surface area contributed by atoms with Gasteiger partial charge in [-0.1, -0.05) is 6.08 Å². The summed E-state index contributed by atoms with van der Waals surface area (Å²) in [7, 11) is 0. The molecule has 0 aliphatic carbocycles. The van der Waals surface area contributed by atoms with E-state index in [-0.39, 0.29) is 11.6 Å². The van der Waals surface area contributed by atoms with Crippen molar-refractivity contribution in [2.24, 2.45) is 0 Å². The molecule has 0 unspecified atom stereocenters. The Balaban J connectivity index is 3.42. The molecule has 0 rings (SSSR count). The van der Waals surface area contributed by atoms with E-state index in [9.17, 15) is 9.59 Å². The average Bonchev–Trinajstić information content (AvgIpc) is 2.13. The van der Waals surface area contributed by atoms with Gasteiger partial charge in [0.1, 0.15) is 5.78 Å². The number of hydrogen-bond acceptors (Lipinski definition) is 3. The van der Waals surface area contributed by atoms with Gasteiger partial charge in [0.05, 0.1) is 0 Å². The highest BCUT2D eigenvalue weighted by atomic mass is 32.2. The SMILES string of the molecule is CSCCC(=O)/C=C/CCCC(C)=O. The Morgan fingerprint density at radius 1 is 1.29 bits per heavy atom. The van der Waals surface area contributed by atoms with Gasteiger partial charge < -0.3 is 4.79 Å². The van der Waals surface area contributed by atoms with Gasteiger partial charge in [-0.3, -0.25) is 4.79 Å². The van der Waals surface area contributed by atoms with E-state index >= 15 is 0 Å². The van der Waals surface area contributed by atoms with E-state index in [4.69, 9.17) is 0 Å². The van der Waals surface area contributed by atoms with E-state index in [1.54, 1.807) is 24.8 Å². The Kier molecular flexibility index (Phi) is 8.64. The van der Waals surface area contributed by atoms with Crippen LogP contribution in [0.3, 0.4) is 0 Å². The predicted molar refractivity (Wildman–Crippen MR) is 61.7 cm³/mol. The van der Waals surface area contributed by atoms with Crippen molar-refractivity contribution in [3.63, 3.8) is 0 Å². The highest BCUT2D eigenvalue weighted by Crippen LogP contribution is 2.00. The Bertz CT molecular complexity index is 209. The first-order valence-electron chi connectivity index (χ1n) is 4.84. The van der Waals surface area contributed by atoms with Crippen LogP contribution in [-0.4, -0.2) is 23.6 Å². The molecule has 80 valence electrons. The van der Waals surface area contributed by atoms with Gasteiger partial charge in [-0.25, -0.2) is 0 Å². The number of hydrogen-bond donors (Lipinski definition) is 0. The third kappa shape index (κ3) is 9.52. The first-order chi connectivity index (χ1) is 6.66. The normalized spacial score (nSPS) is 10.7. The van der Waals surface area contributed by atoms with Gasteiger partial charge in [0.2, 0.25) is 0 Å². The number of carbonyl (C=O) groups excluding carboxylic acids is 2. The lowest BCUT2D eigenvalue weighted by atomic mass is 10.1. The van der Waals surface area contributed by atoms with Crippen LogP contribution in [0.15, 0.2) is 12.2 Å². The molecule has 0 aromatic rings. The highest BCUT2D eigenvalue weighted by molar-refractivity contribution is 7.98. The zero-order valence-corrected chi connectivity index (χ0v) is 9.73. The van der Waals surface area contributed by atoms with Gasteiger partial charge in [0.25, 0.3) is 0 Å². The third-order valence-corrected chi connectivity index (χ3v) is 2.37. The molecule has 0 saturated carbocycles. The van der Waals surface area contributed by atoms with Gasteiger partial charge in [-0.05, 0) is 32.1 Å². The second-order valence-electron chi connectivity index (χ2n) is 3.21. The number of ketones is 2. The maximum atomic E-state index is 11.1. The lowest BCUT2D eigenvalue weighted by Crippen LogP contribution is -1.94. The second kappa shape index (κ2) is 9.00. The number of allylic oxidation sites excluding steroid dienone is 2. The standard InChI is InChI=1S/C11H18O2S/c1-10(12)6-4-3-5-7-11(13)8-9-14-2/h5,7H,3-4,6,8-9H2,1-2H3/b7-5+. The summed E-state index contributed by atoms with van der Waals surface area (Å²) in [6.45, 7) is 1.59. The Labute approximate surface area is 90.1 Å².